The summed E-state index contributed by atoms with van der Waals surface area (Å²) in [6, 6.07) is 0. The monoisotopic (exact) mass is 313 g/mol. The minimum atomic E-state index is -2.22. The molecule has 0 bridgehead atoms. The molecule has 0 fully saturated rings. The van der Waals surface area contributed by atoms with Crippen molar-refractivity contribution in [2.24, 2.45) is 0 Å². The molecule has 0 spiro atoms. The Kier molecular flexibility index (Phi) is 5.91. The van der Waals surface area contributed by atoms with Crippen molar-refractivity contribution in [2.45, 2.75) is 25.3 Å². The molecular formula is C13H16F5NO2. The number of rotatable bonds is 7. The maximum absolute atomic E-state index is 13.3. The Hall–Kier alpha value is -1.41. The summed E-state index contributed by atoms with van der Waals surface area (Å²) in [5.41, 5.74) is -0.611. The summed E-state index contributed by atoms with van der Waals surface area (Å²) in [5, 5.41) is 12.0. The molecule has 120 valence electrons. The first-order chi connectivity index (χ1) is 9.77. The van der Waals surface area contributed by atoms with Gasteiger partial charge in [0.1, 0.15) is 0 Å². The third kappa shape index (κ3) is 3.82. The van der Waals surface area contributed by atoms with Crippen LogP contribution < -0.4 is 10.1 Å². The van der Waals surface area contributed by atoms with Crippen LogP contribution in [0.15, 0.2) is 0 Å². The predicted molar refractivity (Wildman–Crippen MR) is 65.5 cm³/mol. The van der Waals surface area contributed by atoms with Crippen molar-refractivity contribution >= 4 is 0 Å². The van der Waals surface area contributed by atoms with Crippen molar-refractivity contribution in [1.82, 2.24) is 5.32 Å². The molecule has 21 heavy (non-hydrogen) atoms. The van der Waals surface area contributed by atoms with Gasteiger partial charge in [-0.05, 0) is 26.8 Å². The van der Waals surface area contributed by atoms with Crippen molar-refractivity contribution in [2.75, 3.05) is 20.3 Å². The zero-order valence-corrected chi connectivity index (χ0v) is 11.6. The molecule has 0 saturated carbocycles. The van der Waals surface area contributed by atoms with Crippen molar-refractivity contribution in [3.8, 4) is 5.75 Å². The van der Waals surface area contributed by atoms with Gasteiger partial charge in [-0.15, -0.1) is 0 Å². The highest BCUT2D eigenvalue weighted by Gasteiger charge is 2.27. The molecule has 0 radical (unpaired) electrons. The fourth-order valence-electron chi connectivity index (χ4n) is 1.63. The van der Waals surface area contributed by atoms with E-state index in [1.165, 1.54) is 0 Å². The van der Waals surface area contributed by atoms with Gasteiger partial charge in [0.15, 0.2) is 5.75 Å². The molecule has 1 aromatic rings. The lowest BCUT2D eigenvalue weighted by Gasteiger charge is -2.26. The van der Waals surface area contributed by atoms with Crippen LogP contribution in [0.4, 0.5) is 22.0 Å². The zero-order valence-electron chi connectivity index (χ0n) is 11.6. The van der Waals surface area contributed by atoms with Gasteiger partial charge in [0.05, 0.1) is 13.2 Å². The third-order valence-corrected chi connectivity index (χ3v) is 3.24. The van der Waals surface area contributed by atoms with Crippen LogP contribution in [0.25, 0.3) is 0 Å². The average Bonchev–Trinajstić information content (AvgIpc) is 2.50. The maximum Gasteiger partial charge on any atom is 0.206 e. The van der Waals surface area contributed by atoms with E-state index in [0.29, 0.717) is 6.42 Å². The van der Waals surface area contributed by atoms with Gasteiger partial charge in [-0.2, -0.15) is 8.78 Å². The number of benzene rings is 1. The third-order valence-electron chi connectivity index (χ3n) is 3.24. The van der Waals surface area contributed by atoms with Gasteiger partial charge in [-0.3, -0.25) is 0 Å². The fourth-order valence-corrected chi connectivity index (χ4v) is 1.63. The van der Waals surface area contributed by atoms with Gasteiger partial charge in [0.25, 0.3) is 0 Å². The van der Waals surface area contributed by atoms with E-state index in [0.717, 1.165) is 0 Å². The lowest BCUT2D eigenvalue weighted by Crippen LogP contribution is -2.43. The van der Waals surface area contributed by atoms with Gasteiger partial charge in [0, 0.05) is 5.54 Å². The van der Waals surface area contributed by atoms with Gasteiger partial charge >= 0.3 is 0 Å². The highest BCUT2D eigenvalue weighted by Crippen LogP contribution is 2.29. The van der Waals surface area contributed by atoms with Crippen molar-refractivity contribution < 1.29 is 31.8 Å². The molecule has 0 amide bonds. The van der Waals surface area contributed by atoms with Gasteiger partial charge in [-0.25, -0.2) is 13.2 Å². The Morgan fingerprint density at radius 3 is 1.90 bits per heavy atom. The Labute approximate surface area is 118 Å². The van der Waals surface area contributed by atoms with Crippen molar-refractivity contribution in [3.05, 3.63) is 29.1 Å². The molecule has 3 nitrogen and oxygen atoms in total. The number of ether oxygens (including phenoxy) is 1. The first-order valence-electron chi connectivity index (χ1n) is 6.21. The molecule has 0 heterocycles. The molecular weight excluding hydrogens is 297 g/mol. The second-order valence-electron chi connectivity index (χ2n) is 4.82. The van der Waals surface area contributed by atoms with E-state index in [1.54, 1.807) is 14.0 Å². The molecule has 0 aliphatic rings. The van der Waals surface area contributed by atoms with Crippen LogP contribution >= 0.6 is 0 Å². The summed E-state index contributed by atoms with van der Waals surface area (Å²) in [5.74, 6) is -11.6. The number of nitrogens with one attached hydrogen (secondary N) is 1. The minimum Gasteiger partial charge on any atom is -0.487 e. The summed E-state index contributed by atoms with van der Waals surface area (Å²) >= 11 is 0. The molecule has 1 aromatic carbocycles. The molecule has 2 N–H and O–H groups in total. The van der Waals surface area contributed by atoms with Gasteiger partial charge in [0.2, 0.25) is 29.1 Å². The number of aliphatic hydroxyl groups is 1. The van der Waals surface area contributed by atoms with Crippen LogP contribution in [-0.4, -0.2) is 30.9 Å². The highest BCUT2D eigenvalue weighted by molar-refractivity contribution is 5.29. The summed E-state index contributed by atoms with van der Waals surface area (Å²) in [6.07, 6.45) is 0.632. The molecule has 0 saturated heterocycles. The molecule has 8 heteroatoms. The molecule has 1 rings (SSSR count). The number of hydrogen-bond acceptors (Lipinski definition) is 3. The van der Waals surface area contributed by atoms with E-state index in [4.69, 9.17) is 5.11 Å². The standard InChI is InChI=1S/C13H16F5NO2/c1-13(6-20,19-2)4-3-5-21-12-10(17)8(15)7(14)9(16)11(12)18/h19-20H,3-6H2,1-2H3. The number of likely N-dealkylation sites (N-methyl/N-ethyl adjacent to an activating group) is 1. The van der Waals surface area contributed by atoms with E-state index in [2.05, 4.69) is 10.1 Å². The number of halogens is 5. The van der Waals surface area contributed by atoms with Crippen LogP contribution in [-0.2, 0) is 0 Å². The van der Waals surface area contributed by atoms with Gasteiger partial charge < -0.3 is 15.2 Å². The highest BCUT2D eigenvalue weighted by atomic mass is 19.2. The first kappa shape index (κ1) is 17.6. The Balaban J connectivity index is 2.73. The molecule has 0 aliphatic carbocycles. The fraction of sp³-hybridized carbons (Fsp3) is 0.538. The van der Waals surface area contributed by atoms with Crippen molar-refractivity contribution in [3.63, 3.8) is 0 Å². The van der Waals surface area contributed by atoms with Gasteiger partial charge in [-0.1, -0.05) is 0 Å². The zero-order chi connectivity index (χ0) is 16.2. The summed E-state index contributed by atoms with van der Waals surface area (Å²) in [4.78, 5) is 0. The number of hydrogen-bond donors (Lipinski definition) is 2. The van der Waals surface area contributed by atoms with Crippen molar-refractivity contribution in [1.29, 1.82) is 0 Å². The quantitative estimate of drug-likeness (QED) is 0.352. The van der Waals surface area contributed by atoms with E-state index >= 15 is 0 Å². The Morgan fingerprint density at radius 1 is 1.00 bits per heavy atom. The lowest BCUT2D eigenvalue weighted by atomic mass is 9.97. The normalized spacial score (nSPS) is 14.1. The maximum atomic E-state index is 13.3. The molecule has 0 aliphatic heterocycles. The van der Waals surface area contributed by atoms with E-state index in [-0.39, 0.29) is 19.6 Å². The molecule has 1 atom stereocenters. The SMILES string of the molecule is CNC(C)(CO)CCCOc1c(F)c(F)c(F)c(F)c1F. The molecule has 0 aromatic heterocycles. The lowest BCUT2D eigenvalue weighted by molar-refractivity contribution is 0.161. The summed E-state index contributed by atoms with van der Waals surface area (Å²) in [7, 11) is 1.63. The van der Waals surface area contributed by atoms with E-state index < -0.39 is 40.4 Å². The molecule has 1 unspecified atom stereocenters. The van der Waals surface area contributed by atoms with Crippen LogP contribution in [0, 0.1) is 29.1 Å². The van der Waals surface area contributed by atoms with E-state index in [9.17, 15) is 22.0 Å². The van der Waals surface area contributed by atoms with E-state index in [1.807, 2.05) is 0 Å². The smallest absolute Gasteiger partial charge is 0.206 e. The van der Waals surface area contributed by atoms with Crippen LogP contribution in [0.5, 0.6) is 5.75 Å². The second-order valence-corrected chi connectivity index (χ2v) is 4.82. The van der Waals surface area contributed by atoms with Crippen LogP contribution in [0.3, 0.4) is 0 Å². The minimum absolute atomic E-state index is 0.175. The number of aliphatic hydroxyl groups excluding tert-OH is 1. The second kappa shape index (κ2) is 7.04. The summed E-state index contributed by atoms with van der Waals surface area (Å²) < 4.78 is 69.9. The first-order valence-corrected chi connectivity index (χ1v) is 6.21. The van der Waals surface area contributed by atoms with Crippen LogP contribution in [0.1, 0.15) is 19.8 Å². The van der Waals surface area contributed by atoms with Crippen LogP contribution in [0.2, 0.25) is 0 Å². The Morgan fingerprint density at radius 2 is 1.48 bits per heavy atom. The topological polar surface area (TPSA) is 41.5 Å². The average molecular weight is 313 g/mol. The Bertz CT molecular complexity index is 477. The summed E-state index contributed by atoms with van der Waals surface area (Å²) in [6.45, 7) is 1.28. The largest absolute Gasteiger partial charge is 0.487 e. The predicted octanol–water partition coefficient (Wildman–Crippen LogP) is 2.51.